The molecule has 122 valence electrons. The molecule has 0 unspecified atom stereocenters. The highest BCUT2D eigenvalue weighted by molar-refractivity contribution is 6.31. The van der Waals surface area contributed by atoms with Gasteiger partial charge in [-0.15, -0.1) is 0 Å². The van der Waals surface area contributed by atoms with Crippen LogP contribution < -0.4 is 10.6 Å². The van der Waals surface area contributed by atoms with Crippen LogP contribution in [-0.4, -0.2) is 6.03 Å². The number of hydrogen-bond acceptors (Lipinski definition) is 1. The van der Waals surface area contributed by atoms with Gasteiger partial charge in [-0.05, 0) is 30.3 Å². The summed E-state index contributed by atoms with van der Waals surface area (Å²) in [5.41, 5.74) is 2.84. The average molecular weight is 351 g/mol. The van der Waals surface area contributed by atoms with Crippen molar-refractivity contribution in [3.63, 3.8) is 0 Å². The summed E-state index contributed by atoms with van der Waals surface area (Å²) in [7, 11) is 0. The van der Waals surface area contributed by atoms with Crippen molar-refractivity contribution in [1.29, 1.82) is 0 Å². The number of amides is 2. The second kappa shape index (κ2) is 6.04. The fraction of sp³-hybridized carbons (Fsp3) is 0.0714. The zero-order chi connectivity index (χ0) is 17.4. The Morgan fingerprint density at radius 2 is 1.78 bits per heavy atom. The maximum atomic E-state index is 13.8. The number of rotatable bonds is 2. The molecule has 2 amide bonds. The Bertz CT molecular complexity index is 763. The van der Waals surface area contributed by atoms with Gasteiger partial charge < -0.3 is 5.73 Å². The summed E-state index contributed by atoms with van der Waals surface area (Å²) in [6.07, 6.45) is -4.79. The lowest BCUT2D eigenvalue weighted by Crippen LogP contribution is -2.32. The van der Waals surface area contributed by atoms with Crippen LogP contribution in [0.15, 0.2) is 36.4 Å². The number of primary amides is 1. The number of nitrogens with zero attached hydrogens (tertiary/aromatic N) is 1. The van der Waals surface area contributed by atoms with E-state index in [-0.39, 0.29) is 0 Å². The molecule has 0 aliphatic rings. The number of alkyl halides is 3. The molecule has 0 spiro atoms. The molecule has 2 N–H and O–H groups in total. The summed E-state index contributed by atoms with van der Waals surface area (Å²) in [6.45, 7) is 0. The molecule has 23 heavy (non-hydrogen) atoms. The van der Waals surface area contributed by atoms with Crippen molar-refractivity contribution in [2.75, 3.05) is 4.90 Å². The Morgan fingerprint density at radius 3 is 2.35 bits per heavy atom. The number of carbonyl (C=O) groups excluding carboxylic acids is 1. The van der Waals surface area contributed by atoms with Crippen LogP contribution in [0.5, 0.6) is 0 Å². The van der Waals surface area contributed by atoms with Gasteiger partial charge in [0.25, 0.3) is 0 Å². The lowest BCUT2D eigenvalue weighted by Gasteiger charge is -2.22. The molecule has 0 atom stereocenters. The Morgan fingerprint density at radius 1 is 1.13 bits per heavy atom. The van der Waals surface area contributed by atoms with Gasteiger partial charge in [0.15, 0.2) is 11.6 Å². The summed E-state index contributed by atoms with van der Waals surface area (Å²) < 4.78 is 65.8. The van der Waals surface area contributed by atoms with Crippen LogP contribution in [-0.2, 0) is 6.18 Å². The van der Waals surface area contributed by atoms with E-state index in [9.17, 15) is 26.7 Å². The smallest absolute Gasteiger partial charge is 0.351 e. The Hall–Kier alpha value is -2.35. The standard InChI is InChI=1S/C14H8ClF5N2O/c15-9-5-4-7(6-8(9)14(18,19)20)22(13(21)23)11-3-1-2-10(16)12(11)17/h1-6H,(H2,21,23). The van der Waals surface area contributed by atoms with Crippen LogP contribution in [0, 0.1) is 11.6 Å². The summed E-state index contributed by atoms with van der Waals surface area (Å²) in [6, 6.07) is 4.04. The number of carbonyl (C=O) groups is 1. The largest absolute Gasteiger partial charge is 0.417 e. The molecule has 2 aromatic rings. The van der Waals surface area contributed by atoms with Gasteiger partial charge in [0.2, 0.25) is 0 Å². The van der Waals surface area contributed by atoms with E-state index in [0.717, 1.165) is 30.3 Å². The summed E-state index contributed by atoms with van der Waals surface area (Å²) in [5.74, 6) is -2.70. The highest BCUT2D eigenvalue weighted by atomic mass is 35.5. The lowest BCUT2D eigenvalue weighted by atomic mass is 10.1. The van der Waals surface area contributed by atoms with Gasteiger partial charge in [-0.3, -0.25) is 4.90 Å². The van der Waals surface area contributed by atoms with E-state index >= 15 is 0 Å². The Kier molecular flexibility index (Phi) is 4.46. The number of halogens is 6. The molecule has 0 radical (unpaired) electrons. The highest BCUT2D eigenvalue weighted by Gasteiger charge is 2.34. The van der Waals surface area contributed by atoms with E-state index in [2.05, 4.69) is 0 Å². The molecule has 3 nitrogen and oxygen atoms in total. The van der Waals surface area contributed by atoms with E-state index in [1.165, 1.54) is 0 Å². The fourth-order valence-corrected chi connectivity index (χ4v) is 2.14. The molecule has 0 aliphatic carbocycles. The van der Waals surface area contributed by atoms with Gasteiger partial charge in [-0.25, -0.2) is 13.6 Å². The molecule has 0 aromatic heterocycles. The average Bonchev–Trinajstić information content (AvgIpc) is 2.44. The molecule has 0 saturated heterocycles. The van der Waals surface area contributed by atoms with E-state index in [1.807, 2.05) is 0 Å². The van der Waals surface area contributed by atoms with E-state index in [4.69, 9.17) is 17.3 Å². The predicted octanol–water partition coefficient (Wildman–Crippen LogP) is 4.85. The van der Waals surface area contributed by atoms with Gasteiger partial charge >= 0.3 is 12.2 Å². The van der Waals surface area contributed by atoms with Crippen molar-refractivity contribution in [2.24, 2.45) is 5.73 Å². The molecule has 0 bridgehead atoms. The summed E-state index contributed by atoms with van der Waals surface area (Å²) >= 11 is 5.48. The number of benzene rings is 2. The minimum atomic E-state index is -4.79. The SMILES string of the molecule is NC(=O)N(c1ccc(Cl)c(C(F)(F)F)c1)c1cccc(F)c1F. The zero-order valence-electron chi connectivity index (χ0n) is 11.2. The molecule has 2 rings (SSSR count). The molecular weight excluding hydrogens is 343 g/mol. The number of anilines is 2. The minimum Gasteiger partial charge on any atom is -0.351 e. The van der Waals surface area contributed by atoms with Crippen LogP contribution in [0.25, 0.3) is 0 Å². The number of nitrogens with two attached hydrogens (primary N) is 1. The third-order valence-corrected chi connectivity index (χ3v) is 3.24. The number of urea groups is 1. The lowest BCUT2D eigenvalue weighted by molar-refractivity contribution is -0.137. The first-order valence-corrected chi connectivity index (χ1v) is 6.41. The first kappa shape index (κ1) is 17.0. The molecular formula is C14H8ClF5N2O. The third-order valence-electron chi connectivity index (χ3n) is 2.91. The maximum Gasteiger partial charge on any atom is 0.417 e. The summed E-state index contributed by atoms with van der Waals surface area (Å²) in [5, 5.41) is -0.606. The molecule has 0 heterocycles. The maximum absolute atomic E-state index is 13.8. The fourth-order valence-electron chi connectivity index (χ4n) is 1.92. The third kappa shape index (κ3) is 3.37. The molecule has 0 saturated carbocycles. The van der Waals surface area contributed by atoms with Gasteiger partial charge in [0.05, 0.1) is 22.0 Å². The van der Waals surface area contributed by atoms with E-state index in [1.54, 1.807) is 0 Å². The normalized spacial score (nSPS) is 11.4. The van der Waals surface area contributed by atoms with Crippen molar-refractivity contribution in [3.05, 3.63) is 58.6 Å². The molecule has 9 heteroatoms. The van der Waals surface area contributed by atoms with Crippen molar-refractivity contribution in [1.82, 2.24) is 0 Å². The Labute approximate surface area is 132 Å². The highest BCUT2D eigenvalue weighted by Crippen LogP contribution is 2.38. The quantitative estimate of drug-likeness (QED) is 0.773. The van der Waals surface area contributed by atoms with Gasteiger partial charge in [0, 0.05) is 0 Å². The van der Waals surface area contributed by atoms with Crippen molar-refractivity contribution in [3.8, 4) is 0 Å². The van der Waals surface area contributed by atoms with Crippen LogP contribution in [0.1, 0.15) is 5.56 Å². The monoisotopic (exact) mass is 350 g/mol. The van der Waals surface area contributed by atoms with Gasteiger partial charge in [-0.2, -0.15) is 13.2 Å². The molecule has 0 fully saturated rings. The first-order valence-electron chi connectivity index (χ1n) is 6.03. The topological polar surface area (TPSA) is 46.3 Å². The van der Waals surface area contributed by atoms with Crippen molar-refractivity contribution in [2.45, 2.75) is 6.18 Å². The van der Waals surface area contributed by atoms with Gasteiger partial charge in [0.1, 0.15) is 0 Å². The zero-order valence-corrected chi connectivity index (χ0v) is 11.9. The Balaban J connectivity index is 2.64. The van der Waals surface area contributed by atoms with Crippen LogP contribution in [0.3, 0.4) is 0 Å². The second-order valence-corrected chi connectivity index (χ2v) is 4.82. The van der Waals surface area contributed by atoms with E-state index in [0.29, 0.717) is 11.0 Å². The van der Waals surface area contributed by atoms with Crippen LogP contribution in [0.2, 0.25) is 5.02 Å². The van der Waals surface area contributed by atoms with Gasteiger partial charge in [-0.1, -0.05) is 17.7 Å². The van der Waals surface area contributed by atoms with Crippen LogP contribution in [0.4, 0.5) is 38.1 Å². The predicted molar refractivity (Wildman–Crippen MR) is 74.5 cm³/mol. The molecule has 0 aliphatic heterocycles. The second-order valence-electron chi connectivity index (χ2n) is 4.41. The summed E-state index contributed by atoms with van der Waals surface area (Å²) in [4.78, 5) is 12.0. The minimum absolute atomic E-state index is 0.404. The van der Waals surface area contributed by atoms with Crippen molar-refractivity contribution >= 4 is 29.0 Å². The van der Waals surface area contributed by atoms with E-state index < -0.39 is 45.8 Å². The van der Waals surface area contributed by atoms with Crippen LogP contribution >= 0.6 is 11.6 Å². The first-order chi connectivity index (χ1) is 10.6. The van der Waals surface area contributed by atoms with Crippen molar-refractivity contribution < 1.29 is 26.7 Å². The number of hydrogen-bond donors (Lipinski definition) is 1. The molecule has 2 aromatic carbocycles.